The second kappa shape index (κ2) is 5.22. The summed E-state index contributed by atoms with van der Waals surface area (Å²) in [6.45, 7) is 0.649. The molecular weight excluding hydrogens is 330 g/mol. The molecule has 0 bridgehead atoms. The van der Waals surface area contributed by atoms with Crippen molar-refractivity contribution < 1.29 is 14.3 Å². The van der Waals surface area contributed by atoms with E-state index in [4.69, 9.17) is 9.47 Å². The van der Waals surface area contributed by atoms with Crippen LogP contribution in [0.25, 0.3) is 0 Å². The summed E-state index contributed by atoms with van der Waals surface area (Å²) in [7, 11) is 0. The van der Waals surface area contributed by atoms with E-state index in [1.54, 1.807) is 6.07 Å². The fourth-order valence-corrected chi connectivity index (χ4v) is 2.97. The van der Waals surface area contributed by atoms with E-state index in [9.17, 15) is 4.79 Å². The maximum atomic E-state index is 11.9. The zero-order chi connectivity index (χ0) is 13.2. The molecule has 1 aliphatic heterocycles. The smallest absolute Gasteiger partial charge is 0.252 e. The Labute approximate surface area is 122 Å². The van der Waals surface area contributed by atoms with Gasteiger partial charge in [0.15, 0.2) is 11.5 Å². The Morgan fingerprint density at radius 1 is 1.42 bits per heavy atom. The molecule has 2 heterocycles. The number of para-hydroxylation sites is 1. The Bertz CT molecular complexity index is 626. The van der Waals surface area contributed by atoms with Crippen molar-refractivity contribution in [1.29, 1.82) is 0 Å². The van der Waals surface area contributed by atoms with Crippen molar-refractivity contribution in [2.24, 2.45) is 0 Å². The molecule has 19 heavy (non-hydrogen) atoms. The van der Waals surface area contributed by atoms with Crippen LogP contribution < -0.4 is 14.8 Å². The van der Waals surface area contributed by atoms with Crippen LogP contribution in [0.5, 0.6) is 11.5 Å². The van der Waals surface area contributed by atoms with Crippen LogP contribution in [-0.2, 0) is 6.54 Å². The topological polar surface area (TPSA) is 47.6 Å². The van der Waals surface area contributed by atoms with Gasteiger partial charge in [-0.25, -0.2) is 0 Å². The average Bonchev–Trinajstić information content (AvgIpc) is 3.04. The van der Waals surface area contributed by atoms with Crippen LogP contribution >= 0.6 is 27.3 Å². The van der Waals surface area contributed by atoms with Crippen molar-refractivity contribution in [3.05, 3.63) is 44.6 Å². The molecule has 0 unspecified atom stereocenters. The Kier molecular flexibility index (Phi) is 3.44. The highest BCUT2D eigenvalue weighted by Gasteiger charge is 2.17. The molecule has 1 aromatic carbocycles. The number of carbonyl (C=O) groups excluding carboxylic acids is 1. The van der Waals surface area contributed by atoms with Gasteiger partial charge in [0.1, 0.15) is 0 Å². The van der Waals surface area contributed by atoms with E-state index in [1.807, 2.05) is 23.6 Å². The first kappa shape index (κ1) is 12.5. The van der Waals surface area contributed by atoms with Gasteiger partial charge in [-0.2, -0.15) is 0 Å². The van der Waals surface area contributed by atoms with E-state index in [1.165, 1.54) is 11.3 Å². The third-order valence-electron chi connectivity index (χ3n) is 2.75. The van der Waals surface area contributed by atoms with Gasteiger partial charge in [0.05, 0.1) is 9.35 Å². The average molecular weight is 340 g/mol. The lowest BCUT2D eigenvalue weighted by Gasteiger charge is -2.07. The van der Waals surface area contributed by atoms with Gasteiger partial charge >= 0.3 is 0 Å². The normalized spacial score (nSPS) is 12.5. The molecule has 0 fully saturated rings. The van der Waals surface area contributed by atoms with E-state index in [0.29, 0.717) is 17.9 Å². The first-order valence-electron chi connectivity index (χ1n) is 5.64. The fraction of sp³-hybridized carbons (Fsp3) is 0.154. The minimum atomic E-state index is -0.0986. The number of thiophene rings is 1. The highest BCUT2D eigenvalue weighted by atomic mass is 79.9. The number of amides is 1. The van der Waals surface area contributed by atoms with Crippen LogP contribution in [0.4, 0.5) is 0 Å². The van der Waals surface area contributed by atoms with Crippen molar-refractivity contribution in [2.75, 3.05) is 6.79 Å². The lowest BCUT2D eigenvalue weighted by molar-refractivity contribution is 0.0951. The summed E-state index contributed by atoms with van der Waals surface area (Å²) in [6.07, 6.45) is 0. The summed E-state index contributed by atoms with van der Waals surface area (Å²) in [5.74, 6) is 1.35. The molecule has 3 rings (SSSR count). The van der Waals surface area contributed by atoms with Gasteiger partial charge in [-0.15, -0.1) is 11.3 Å². The van der Waals surface area contributed by atoms with Gasteiger partial charge in [0, 0.05) is 17.5 Å². The zero-order valence-electron chi connectivity index (χ0n) is 9.81. The van der Waals surface area contributed by atoms with Crippen LogP contribution in [0, 0.1) is 0 Å². The van der Waals surface area contributed by atoms with Crippen LogP contribution in [0.2, 0.25) is 0 Å². The summed E-state index contributed by atoms with van der Waals surface area (Å²) in [6, 6.07) is 7.45. The SMILES string of the molecule is O=C(NCc1cccc2c1OCO2)c1csc(Br)c1. The Morgan fingerprint density at radius 2 is 2.32 bits per heavy atom. The van der Waals surface area contributed by atoms with Crippen molar-refractivity contribution in [1.82, 2.24) is 5.32 Å². The first-order chi connectivity index (χ1) is 9.24. The third kappa shape index (κ3) is 2.59. The lowest BCUT2D eigenvalue weighted by atomic mass is 10.2. The van der Waals surface area contributed by atoms with Crippen LogP contribution in [0.15, 0.2) is 33.4 Å². The molecule has 1 amide bonds. The summed E-state index contributed by atoms with van der Waals surface area (Å²) < 4.78 is 11.6. The number of rotatable bonds is 3. The quantitative estimate of drug-likeness (QED) is 0.934. The lowest BCUT2D eigenvalue weighted by Crippen LogP contribution is -2.22. The Hall–Kier alpha value is -1.53. The molecular formula is C13H10BrNO3S. The molecule has 1 aromatic heterocycles. The molecule has 6 heteroatoms. The first-order valence-corrected chi connectivity index (χ1v) is 7.31. The molecule has 4 nitrogen and oxygen atoms in total. The number of hydrogen-bond donors (Lipinski definition) is 1. The summed E-state index contributed by atoms with van der Waals surface area (Å²) in [5, 5.41) is 4.68. The summed E-state index contributed by atoms with van der Waals surface area (Å²) >= 11 is 4.82. The van der Waals surface area contributed by atoms with Crippen molar-refractivity contribution >= 4 is 33.2 Å². The molecule has 0 saturated carbocycles. The van der Waals surface area contributed by atoms with E-state index < -0.39 is 0 Å². The number of fused-ring (bicyclic) bond motifs is 1. The number of benzene rings is 1. The van der Waals surface area contributed by atoms with E-state index in [-0.39, 0.29) is 12.7 Å². The highest BCUT2D eigenvalue weighted by Crippen LogP contribution is 2.35. The molecule has 0 atom stereocenters. The van der Waals surface area contributed by atoms with Crippen molar-refractivity contribution in [3.63, 3.8) is 0 Å². The third-order valence-corrected chi connectivity index (χ3v) is 4.25. The van der Waals surface area contributed by atoms with Gasteiger partial charge in [-0.05, 0) is 28.1 Å². The molecule has 0 radical (unpaired) electrons. The molecule has 2 aromatic rings. The number of carbonyl (C=O) groups is 1. The Balaban J connectivity index is 1.70. The zero-order valence-corrected chi connectivity index (χ0v) is 12.2. The maximum absolute atomic E-state index is 11.9. The predicted octanol–water partition coefficient (Wildman–Crippen LogP) is 3.17. The van der Waals surface area contributed by atoms with Crippen LogP contribution in [0.3, 0.4) is 0 Å². The minimum absolute atomic E-state index is 0.0986. The number of nitrogens with one attached hydrogen (secondary N) is 1. The van der Waals surface area contributed by atoms with Gasteiger partial charge < -0.3 is 14.8 Å². The number of ether oxygens (including phenoxy) is 2. The predicted molar refractivity (Wildman–Crippen MR) is 75.8 cm³/mol. The minimum Gasteiger partial charge on any atom is -0.454 e. The molecule has 0 spiro atoms. The second-order valence-electron chi connectivity index (χ2n) is 3.97. The fourth-order valence-electron chi connectivity index (χ4n) is 1.84. The largest absolute Gasteiger partial charge is 0.454 e. The molecule has 0 aliphatic carbocycles. The van der Waals surface area contributed by atoms with E-state index >= 15 is 0 Å². The standard InChI is InChI=1S/C13H10BrNO3S/c14-11-4-9(6-19-11)13(16)15-5-8-2-1-3-10-12(8)18-7-17-10/h1-4,6H,5,7H2,(H,15,16). The summed E-state index contributed by atoms with van der Waals surface area (Å²) in [4.78, 5) is 11.9. The van der Waals surface area contributed by atoms with E-state index in [0.717, 1.165) is 15.1 Å². The van der Waals surface area contributed by atoms with Gasteiger partial charge in [0.25, 0.3) is 5.91 Å². The van der Waals surface area contributed by atoms with Gasteiger partial charge in [-0.1, -0.05) is 12.1 Å². The highest BCUT2D eigenvalue weighted by molar-refractivity contribution is 9.11. The Morgan fingerprint density at radius 3 is 3.11 bits per heavy atom. The monoisotopic (exact) mass is 339 g/mol. The van der Waals surface area contributed by atoms with Gasteiger partial charge in [-0.3, -0.25) is 4.79 Å². The summed E-state index contributed by atoms with van der Waals surface area (Å²) in [5.41, 5.74) is 1.57. The number of hydrogen-bond acceptors (Lipinski definition) is 4. The van der Waals surface area contributed by atoms with Crippen LogP contribution in [-0.4, -0.2) is 12.7 Å². The molecule has 0 saturated heterocycles. The second-order valence-corrected chi connectivity index (χ2v) is 6.26. The van der Waals surface area contributed by atoms with Crippen molar-refractivity contribution in [3.8, 4) is 11.5 Å². The maximum Gasteiger partial charge on any atom is 0.252 e. The number of halogens is 1. The molecule has 1 N–H and O–H groups in total. The van der Waals surface area contributed by atoms with Crippen molar-refractivity contribution in [2.45, 2.75) is 6.54 Å². The molecule has 98 valence electrons. The van der Waals surface area contributed by atoms with Crippen LogP contribution in [0.1, 0.15) is 15.9 Å². The van der Waals surface area contributed by atoms with Gasteiger partial charge in [0.2, 0.25) is 6.79 Å². The van der Waals surface area contributed by atoms with E-state index in [2.05, 4.69) is 21.2 Å². The molecule has 1 aliphatic rings.